The molecule has 40 heavy (non-hydrogen) atoms. The molecule has 0 saturated carbocycles. The summed E-state index contributed by atoms with van der Waals surface area (Å²) in [7, 11) is -4.25. The second-order valence-electron chi connectivity index (χ2n) is 10.5. The van der Waals surface area contributed by atoms with E-state index in [0.717, 1.165) is 22.0 Å². The van der Waals surface area contributed by atoms with Crippen LogP contribution in [0.4, 0.5) is 10.1 Å². The third-order valence-corrected chi connectivity index (χ3v) is 8.40. The summed E-state index contributed by atoms with van der Waals surface area (Å²) in [6.45, 7) is 8.06. The molecule has 1 N–H and O–H groups in total. The highest BCUT2D eigenvalue weighted by atomic mass is 35.5. The second kappa shape index (κ2) is 12.6. The van der Waals surface area contributed by atoms with Crippen molar-refractivity contribution in [2.75, 3.05) is 10.8 Å². The van der Waals surface area contributed by atoms with E-state index < -0.39 is 45.8 Å². The zero-order valence-electron chi connectivity index (χ0n) is 22.9. The summed E-state index contributed by atoms with van der Waals surface area (Å²) < 4.78 is 42.2. The number of halogens is 3. The first-order valence-electron chi connectivity index (χ1n) is 12.5. The van der Waals surface area contributed by atoms with Crippen LogP contribution in [0, 0.1) is 12.7 Å². The third-order valence-electron chi connectivity index (χ3n) is 6.02. The van der Waals surface area contributed by atoms with Crippen molar-refractivity contribution in [1.29, 1.82) is 0 Å². The first-order chi connectivity index (χ1) is 18.6. The highest BCUT2D eigenvalue weighted by Crippen LogP contribution is 2.27. The van der Waals surface area contributed by atoms with Crippen molar-refractivity contribution in [2.45, 2.75) is 57.6 Å². The molecule has 0 unspecified atom stereocenters. The fourth-order valence-corrected chi connectivity index (χ4v) is 5.75. The summed E-state index contributed by atoms with van der Waals surface area (Å²) >= 11 is 12.4. The van der Waals surface area contributed by atoms with Crippen LogP contribution >= 0.6 is 23.2 Å². The number of hydrogen-bond donors (Lipinski definition) is 1. The average Bonchev–Trinajstić information content (AvgIpc) is 2.86. The van der Waals surface area contributed by atoms with Crippen LogP contribution in [-0.2, 0) is 26.2 Å². The molecule has 0 fully saturated rings. The van der Waals surface area contributed by atoms with Gasteiger partial charge in [0.1, 0.15) is 18.4 Å². The van der Waals surface area contributed by atoms with Gasteiger partial charge in [0.2, 0.25) is 11.8 Å². The fraction of sp³-hybridized carbons (Fsp3) is 0.310. The Morgan fingerprint density at radius 1 is 0.975 bits per heavy atom. The highest BCUT2D eigenvalue weighted by molar-refractivity contribution is 7.92. The topological polar surface area (TPSA) is 86.8 Å². The Balaban J connectivity index is 2.05. The minimum atomic E-state index is -4.25. The number of amides is 2. The summed E-state index contributed by atoms with van der Waals surface area (Å²) in [4.78, 5) is 28.3. The van der Waals surface area contributed by atoms with Gasteiger partial charge in [-0.1, -0.05) is 47.0 Å². The van der Waals surface area contributed by atoms with Crippen LogP contribution in [0.3, 0.4) is 0 Å². The summed E-state index contributed by atoms with van der Waals surface area (Å²) in [5, 5.41) is 3.54. The molecule has 2 amide bonds. The van der Waals surface area contributed by atoms with Crippen LogP contribution in [0.15, 0.2) is 71.6 Å². The molecule has 3 rings (SSSR count). The first-order valence-corrected chi connectivity index (χ1v) is 14.7. The van der Waals surface area contributed by atoms with Crippen LogP contribution in [-0.4, -0.2) is 43.3 Å². The first kappa shape index (κ1) is 31.4. The van der Waals surface area contributed by atoms with E-state index in [1.807, 2.05) is 27.7 Å². The van der Waals surface area contributed by atoms with Crippen molar-refractivity contribution < 1.29 is 22.4 Å². The molecule has 0 aliphatic heterocycles. The van der Waals surface area contributed by atoms with Crippen molar-refractivity contribution in [3.63, 3.8) is 0 Å². The van der Waals surface area contributed by atoms with E-state index in [1.165, 1.54) is 35.2 Å². The molecular formula is C29H32Cl2FN3O4S. The molecule has 7 nitrogen and oxygen atoms in total. The van der Waals surface area contributed by atoms with E-state index in [2.05, 4.69) is 5.32 Å². The van der Waals surface area contributed by atoms with E-state index in [0.29, 0.717) is 10.6 Å². The van der Waals surface area contributed by atoms with Gasteiger partial charge in [-0.15, -0.1) is 0 Å². The lowest BCUT2D eigenvalue weighted by Crippen LogP contribution is -2.54. The van der Waals surface area contributed by atoms with Crippen molar-refractivity contribution >= 4 is 50.7 Å². The van der Waals surface area contributed by atoms with Crippen LogP contribution in [0.5, 0.6) is 0 Å². The second-order valence-corrected chi connectivity index (χ2v) is 13.2. The summed E-state index contributed by atoms with van der Waals surface area (Å²) in [5.41, 5.74) is 0.886. The van der Waals surface area contributed by atoms with Crippen molar-refractivity contribution in [3.8, 4) is 0 Å². The Kier molecular flexibility index (Phi) is 9.87. The van der Waals surface area contributed by atoms with Crippen LogP contribution in [0.2, 0.25) is 10.0 Å². The number of hydrogen-bond acceptors (Lipinski definition) is 4. The average molecular weight is 609 g/mol. The zero-order valence-corrected chi connectivity index (χ0v) is 25.2. The summed E-state index contributed by atoms with van der Waals surface area (Å²) in [5.74, 6) is -1.66. The number of rotatable bonds is 9. The molecule has 11 heteroatoms. The lowest BCUT2D eigenvalue weighted by molar-refractivity contribution is -0.140. The highest BCUT2D eigenvalue weighted by Gasteiger charge is 2.33. The van der Waals surface area contributed by atoms with Gasteiger partial charge in [0.15, 0.2) is 0 Å². The number of carbonyl (C=O) groups is 2. The molecule has 0 spiro atoms. The number of nitrogens with one attached hydrogen (secondary N) is 1. The van der Waals surface area contributed by atoms with Gasteiger partial charge in [0, 0.05) is 22.1 Å². The predicted octanol–water partition coefficient (Wildman–Crippen LogP) is 5.97. The number of benzene rings is 3. The molecule has 1 atom stereocenters. The van der Waals surface area contributed by atoms with E-state index in [-0.39, 0.29) is 22.2 Å². The molecule has 3 aromatic rings. The van der Waals surface area contributed by atoms with E-state index in [9.17, 15) is 22.4 Å². The molecule has 0 aliphatic carbocycles. The van der Waals surface area contributed by atoms with E-state index in [1.54, 1.807) is 31.2 Å². The third kappa shape index (κ3) is 7.96. The van der Waals surface area contributed by atoms with Crippen LogP contribution in [0.1, 0.15) is 38.8 Å². The quantitative estimate of drug-likeness (QED) is 0.325. The molecule has 214 valence electrons. The number of aryl methyl sites for hydroxylation is 1. The molecule has 0 aliphatic rings. The van der Waals surface area contributed by atoms with Gasteiger partial charge >= 0.3 is 0 Å². The minimum absolute atomic E-state index is 0.0407. The maximum atomic E-state index is 13.9. The zero-order chi connectivity index (χ0) is 29.8. The molecule has 0 aromatic heterocycles. The number of nitrogens with zero attached hydrogens (tertiary/aromatic N) is 2. The molecule has 0 saturated heterocycles. The smallest absolute Gasteiger partial charge is 0.264 e. The lowest BCUT2D eigenvalue weighted by atomic mass is 10.1. The summed E-state index contributed by atoms with van der Waals surface area (Å²) in [6, 6.07) is 14.7. The SMILES string of the molecule is Cc1ccc(S(=O)(=O)N(CC(=O)N(Cc2ccc(Cl)cc2Cl)[C@@H](C)C(=O)NC(C)(C)C)c2ccc(F)cc2)cc1. The molecule has 0 bridgehead atoms. The maximum absolute atomic E-state index is 13.9. The van der Waals surface area contributed by atoms with Crippen molar-refractivity contribution in [1.82, 2.24) is 10.2 Å². The largest absolute Gasteiger partial charge is 0.350 e. The fourth-order valence-electron chi connectivity index (χ4n) is 3.86. The lowest BCUT2D eigenvalue weighted by Gasteiger charge is -2.33. The number of anilines is 1. The summed E-state index contributed by atoms with van der Waals surface area (Å²) in [6.07, 6.45) is 0. The number of sulfonamides is 1. The van der Waals surface area contributed by atoms with Gasteiger partial charge in [-0.3, -0.25) is 13.9 Å². The van der Waals surface area contributed by atoms with E-state index >= 15 is 0 Å². The Morgan fingerprint density at radius 3 is 2.12 bits per heavy atom. The normalized spacial score (nSPS) is 12.5. The molecule has 3 aromatic carbocycles. The van der Waals surface area contributed by atoms with Gasteiger partial charge in [-0.05, 0) is 88.7 Å². The van der Waals surface area contributed by atoms with Gasteiger partial charge in [0.25, 0.3) is 10.0 Å². The standard InChI is InChI=1S/C29H32Cl2FN3O4S/c1-19-6-14-25(15-7-19)40(38,39)35(24-12-10-23(32)11-13-24)18-27(36)34(20(2)28(37)33-29(3,4)5)17-21-8-9-22(30)16-26(21)31/h6-16,20H,17-18H2,1-5H3,(H,33,37)/t20-/m0/s1. The maximum Gasteiger partial charge on any atom is 0.264 e. The number of carbonyl (C=O) groups excluding carboxylic acids is 2. The van der Waals surface area contributed by atoms with Crippen molar-refractivity contribution in [3.05, 3.63) is 93.7 Å². The van der Waals surface area contributed by atoms with Crippen LogP contribution in [0.25, 0.3) is 0 Å². The Bertz CT molecular complexity index is 1470. The van der Waals surface area contributed by atoms with Gasteiger partial charge in [-0.2, -0.15) is 0 Å². The van der Waals surface area contributed by atoms with Gasteiger partial charge < -0.3 is 10.2 Å². The van der Waals surface area contributed by atoms with Gasteiger partial charge in [0.05, 0.1) is 10.6 Å². The predicted molar refractivity (Wildman–Crippen MR) is 156 cm³/mol. The van der Waals surface area contributed by atoms with Crippen molar-refractivity contribution in [2.24, 2.45) is 0 Å². The monoisotopic (exact) mass is 607 g/mol. The Hall–Kier alpha value is -3.14. The Morgan fingerprint density at radius 2 is 1.57 bits per heavy atom. The molecular weight excluding hydrogens is 576 g/mol. The minimum Gasteiger partial charge on any atom is -0.350 e. The van der Waals surface area contributed by atoms with Gasteiger partial charge in [-0.25, -0.2) is 12.8 Å². The molecule has 0 heterocycles. The van der Waals surface area contributed by atoms with Crippen LogP contribution < -0.4 is 9.62 Å². The molecule has 0 radical (unpaired) electrons. The Labute approximate surface area is 244 Å². The van der Waals surface area contributed by atoms with E-state index in [4.69, 9.17) is 23.2 Å².